The molecule has 0 radical (unpaired) electrons. The van der Waals surface area contributed by atoms with Crippen molar-refractivity contribution in [1.29, 1.82) is 0 Å². The number of hydrogen-bond donors (Lipinski definition) is 0. The summed E-state index contributed by atoms with van der Waals surface area (Å²) < 4.78 is 1.02. The summed E-state index contributed by atoms with van der Waals surface area (Å²) in [6.07, 6.45) is 2.01. The van der Waals surface area contributed by atoms with Crippen molar-refractivity contribution < 1.29 is 4.79 Å². The zero-order valence-corrected chi connectivity index (χ0v) is 16.3. The smallest absolute Gasteiger partial charge is 0.254 e. The van der Waals surface area contributed by atoms with Crippen LogP contribution in [0.25, 0.3) is 0 Å². The highest BCUT2D eigenvalue weighted by Gasteiger charge is 2.17. The van der Waals surface area contributed by atoms with Crippen molar-refractivity contribution in [2.75, 3.05) is 54.4 Å². The first kappa shape index (κ1) is 19.4. The lowest BCUT2D eigenvalue weighted by Gasteiger charge is -2.25. The van der Waals surface area contributed by atoms with E-state index >= 15 is 0 Å². The summed E-state index contributed by atoms with van der Waals surface area (Å²) >= 11 is 2.24. The molecule has 0 saturated heterocycles. The minimum absolute atomic E-state index is 0.155. The molecule has 5 heteroatoms. The molecule has 1 amide bonds. The summed E-state index contributed by atoms with van der Waals surface area (Å²) in [5.41, 5.74) is 0.817. The van der Waals surface area contributed by atoms with E-state index in [1.54, 1.807) is 0 Å². The van der Waals surface area contributed by atoms with Crippen LogP contribution < -0.4 is 0 Å². The van der Waals surface area contributed by atoms with Crippen LogP contribution in [0.4, 0.5) is 0 Å². The lowest BCUT2D eigenvalue weighted by atomic mass is 10.2. The molecule has 0 aromatic heterocycles. The van der Waals surface area contributed by atoms with Crippen molar-refractivity contribution >= 4 is 28.5 Å². The Labute approximate surface area is 148 Å². The second-order valence-electron chi connectivity index (χ2n) is 6.09. The fourth-order valence-corrected chi connectivity index (χ4v) is 2.89. The number of rotatable bonds is 9. The van der Waals surface area contributed by atoms with Gasteiger partial charge in [0.1, 0.15) is 0 Å². The van der Waals surface area contributed by atoms with E-state index in [9.17, 15) is 4.79 Å². The summed E-state index contributed by atoms with van der Waals surface area (Å²) in [7, 11) is 8.27. The molecule has 0 saturated carbocycles. The van der Waals surface area contributed by atoms with Crippen LogP contribution in [0.3, 0.4) is 0 Å². The fraction of sp³-hybridized carbons (Fsp3) is 0.588. The van der Waals surface area contributed by atoms with Gasteiger partial charge in [0.25, 0.3) is 5.91 Å². The molecule has 0 N–H and O–H groups in total. The zero-order chi connectivity index (χ0) is 16.5. The highest BCUT2D eigenvalue weighted by Crippen LogP contribution is 2.14. The Balaban J connectivity index is 2.70. The molecule has 1 aromatic rings. The van der Waals surface area contributed by atoms with Crippen LogP contribution >= 0.6 is 22.6 Å². The van der Waals surface area contributed by atoms with Crippen LogP contribution in [0.5, 0.6) is 0 Å². The van der Waals surface area contributed by atoms with Gasteiger partial charge in [-0.25, -0.2) is 0 Å². The monoisotopic (exact) mass is 417 g/mol. The predicted molar refractivity (Wildman–Crippen MR) is 101 cm³/mol. The Morgan fingerprint density at radius 3 is 1.86 bits per heavy atom. The number of carbonyl (C=O) groups is 1. The number of benzene rings is 1. The molecule has 0 heterocycles. The molecule has 0 bridgehead atoms. The number of amides is 1. The molecule has 22 heavy (non-hydrogen) atoms. The summed E-state index contributed by atoms with van der Waals surface area (Å²) in [5.74, 6) is 0.155. The molecular formula is C17H28IN3O. The molecule has 1 rings (SSSR count). The molecule has 0 aliphatic carbocycles. The van der Waals surface area contributed by atoms with Crippen LogP contribution in [-0.2, 0) is 0 Å². The molecule has 0 aliphatic rings. The maximum atomic E-state index is 12.8. The minimum Gasteiger partial charge on any atom is -0.339 e. The van der Waals surface area contributed by atoms with Gasteiger partial charge < -0.3 is 14.7 Å². The maximum Gasteiger partial charge on any atom is 0.254 e. The lowest BCUT2D eigenvalue weighted by Crippen LogP contribution is -2.35. The van der Waals surface area contributed by atoms with Crippen molar-refractivity contribution in [3.8, 4) is 0 Å². The average Bonchev–Trinajstić information content (AvgIpc) is 2.45. The Hall–Kier alpha value is -0.660. The van der Waals surface area contributed by atoms with Gasteiger partial charge in [-0.1, -0.05) is 12.1 Å². The summed E-state index contributed by atoms with van der Waals surface area (Å²) in [6, 6.07) is 7.83. The summed E-state index contributed by atoms with van der Waals surface area (Å²) in [5, 5.41) is 0. The van der Waals surface area contributed by atoms with E-state index in [-0.39, 0.29) is 5.91 Å². The third-order valence-corrected chi connectivity index (χ3v) is 4.40. The lowest BCUT2D eigenvalue weighted by molar-refractivity contribution is 0.0743. The third-order valence-electron chi connectivity index (χ3n) is 3.46. The maximum absolute atomic E-state index is 12.8. The van der Waals surface area contributed by atoms with Crippen molar-refractivity contribution in [1.82, 2.24) is 14.7 Å². The Morgan fingerprint density at radius 2 is 1.41 bits per heavy atom. The zero-order valence-electron chi connectivity index (χ0n) is 14.2. The van der Waals surface area contributed by atoms with E-state index in [0.717, 1.165) is 48.2 Å². The van der Waals surface area contributed by atoms with E-state index < -0.39 is 0 Å². The number of hydrogen-bond acceptors (Lipinski definition) is 3. The first-order valence-corrected chi connectivity index (χ1v) is 8.83. The highest BCUT2D eigenvalue weighted by atomic mass is 127. The molecule has 0 aliphatic heterocycles. The van der Waals surface area contributed by atoms with Crippen LogP contribution in [-0.4, -0.2) is 75.0 Å². The molecule has 0 spiro atoms. The number of halogens is 1. The first-order valence-electron chi connectivity index (χ1n) is 7.75. The minimum atomic E-state index is 0.155. The molecule has 0 atom stereocenters. The van der Waals surface area contributed by atoms with Gasteiger partial charge in [-0.2, -0.15) is 0 Å². The van der Waals surface area contributed by atoms with Gasteiger partial charge in [0.2, 0.25) is 0 Å². The first-order chi connectivity index (χ1) is 10.4. The predicted octanol–water partition coefficient (Wildman–Crippen LogP) is 2.64. The average molecular weight is 417 g/mol. The second kappa shape index (κ2) is 10.2. The van der Waals surface area contributed by atoms with Gasteiger partial charge >= 0.3 is 0 Å². The Bertz CT molecular complexity index is 449. The standard InChI is InChI=1S/C17H28IN3O/c1-19(2)11-7-13-21(14-8-12-20(3)4)17(22)15-9-5-6-10-16(15)18/h5-6,9-10H,7-8,11-14H2,1-4H3. The Kier molecular flexibility index (Phi) is 8.97. The topological polar surface area (TPSA) is 26.8 Å². The SMILES string of the molecule is CN(C)CCCN(CCCN(C)C)C(=O)c1ccccc1I. The molecule has 0 unspecified atom stereocenters. The summed E-state index contributed by atoms with van der Waals surface area (Å²) in [6.45, 7) is 3.64. The highest BCUT2D eigenvalue weighted by molar-refractivity contribution is 14.1. The van der Waals surface area contributed by atoms with Crippen LogP contribution in [0.2, 0.25) is 0 Å². The van der Waals surface area contributed by atoms with E-state index in [0.29, 0.717) is 0 Å². The number of nitrogens with zero attached hydrogens (tertiary/aromatic N) is 3. The van der Waals surface area contributed by atoms with Crippen LogP contribution in [0.15, 0.2) is 24.3 Å². The van der Waals surface area contributed by atoms with Crippen molar-refractivity contribution in [3.05, 3.63) is 33.4 Å². The Morgan fingerprint density at radius 1 is 0.909 bits per heavy atom. The number of carbonyl (C=O) groups excluding carboxylic acids is 1. The van der Waals surface area contributed by atoms with E-state index in [1.165, 1.54) is 0 Å². The van der Waals surface area contributed by atoms with Crippen molar-refractivity contribution in [3.63, 3.8) is 0 Å². The second-order valence-corrected chi connectivity index (χ2v) is 7.25. The van der Waals surface area contributed by atoms with Gasteiger partial charge in [-0.05, 0) is 88.8 Å². The molecule has 124 valence electrons. The quantitative estimate of drug-likeness (QED) is 0.578. The van der Waals surface area contributed by atoms with Crippen LogP contribution in [0.1, 0.15) is 23.2 Å². The molecule has 1 aromatic carbocycles. The van der Waals surface area contributed by atoms with E-state index in [1.807, 2.05) is 29.2 Å². The summed E-state index contributed by atoms with van der Waals surface area (Å²) in [4.78, 5) is 19.1. The fourth-order valence-electron chi connectivity index (χ4n) is 2.28. The van der Waals surface area contributed by atoms with Gasteiger partial charge in [-0.3, -0.25) is 4.79 Å². The van der Waals surface area contributed by atoms with Crippen molar-refractivity contribution in [2.45, 2.75) is 12.8 Å². The molecule has 4 nitrogen and oxygen atoms in total. The van der Waals surface area contributed by atoms with Crippen molar-refractivity contribution in [2.24, 2.45) is 0 Å². The van der Waals surface area contributed by atoms with E-state index in [2.05, 4.69) is 60.6 Å². The van der Waals surface area contributed by atoms with Gasteiger partial charge in [0, 0.05) is 16.7 Å². The molecule has 0 fully saturated rings. The van der Waals surface area contributed by atoms with Gasteiger partial charge in [0.05, 0.1) is 5.56 Å². The molecular weight excluding hydrogens is 389 g/mol. The largest absolute Gasteiger partial charge is 0.339 e. The van der Waals surface area contributed by atoms with Gasteiger partial charge in [0.15, 0.2) is 0 Å². The van der Waals surface area contributed by atoms with Crippen LogP contribution in [0, 0.1) is 3.57 Å². The van der Waals surface area contributed by atoms with Gasteiger partial charge in [-0.15, -0.1) is 0 Å². The van der Waals surface area contributed by atoms with E-state index in [4.69, 9.17) is 0 Å². The third kappa shape index (κ3) is 7.07. The normalized spacial score (nSPS) is 11.2.